The van der Waals surface area contributed by atoms with E-state index in [1.54, 1.807) is 0 Å². The Morgan fingerprint density at radius 1 is 0.909 bits per heavy atom. The van der Waals surface area contributed by atoms with Gasteiger partial charge in [-0.2, -0.15) is 0 Å². The van der Waals surface area contributed by atoms with Crippen molar-refractivity contribution in [2.24, 2.45) is 0 Å². The Morgan fingerprint density at radius 3 is 2.00 bits per heavy atom. The van der Waals surface area contributed by atoms with E-state index >= 15 is 0 Å². The van der Waals surface area contributed by atoms with Crippen molar-refractivity contribution >= 4 is 5.69 Å². The molecule has 1 N–H and O–H groups in total. The van der Waals surface area contributed by atoms with Crippen molar-refractivity contribution in [3.8, 4) is 0 Å². The molecule has 0 aromatic heterocycles. The minimum absolute atomic E-state index is 0.220. The molecule has 0 spiro atoms. The lowest BCUT2D eigenvalue weighted by Crippen LogP contribution is -2.11. The molecule has 0 aliphatic heterocycles. The van der Waals surface area contributed by atoms with Crippen LogP contribution in [0.3, 0.4) is 0 Å². The third-order valence-electron chi connectivity index (χ3n) is 4.41. The summed E-state index contributed by atoms with van der Waals surface area (Å²) in [5.74, 6) is 0.638. The monoisotopic (exact) mass is 295 g/mol. The maximum Gasteiger partial charge on any atom is 0.0400 e. The summed E-state index contributed by atoms with van der Waals surface area (Å²) in [6.45, 7) is 12.1. The highest BCUT2D eigenvalue weighted by molar-refractivity contribution is 5.46. The molecule has 0 aliphatic carbocycles. The number of rotatable bonds is 5. The van der Waals surface area contributed by atoms with Crippen molar-refractivity contribution in [3.05, 3.63) is 65.2 Å². The molecule has 1 heteroatoms. The van der Waals surface area contributed by atoms with Crippen molar-refractivity contribution in [3.63, 3.8) is 0 Å². The van der Waals surface area contributed by atoms with E-state index in [0.717, 1.165) is 6.54 Å². The van der Waals surface area contributed by atoms with Crippen LogP contribution in [-0.2, 0) is 12.0 Å². The summed E-state index contributed by atoms with van der Waals surface area (Å²) in [7, 11) is 0. The number of benzene rings is 2. The minimum Gasteiger partial charge on any atom is -0.381 e. The molecule has 22 heavy (non-hydrogen) atoms. The first-order chi connectivity index (χ1) is 10.4. The molecule has 1 unspecified atom stereocenters. The molecule has 0 saturated carbocycles. The third kappa shape index (κ3) is 4.37. The number of hydrogen-bond acceptors (Lipinski definition) is 1. The van der Waals surface area contributed by atoms with Gasteiger partial charge >= 0.3 is 0 Å². The predicted molar refractivity (Wildman–Crippen MR) is 97.6 cm³/mol. The fourth-order valence-corrected chi connectivity index (χ4v) is 2.49. The summed E-state index contributed by atoms with van der Waals surface area (Å²) in [5.41, 5.74) is 5.53. The first kappa shape index (κ1) is 16.6. The zero-order valence-electron chi connectivity index (χ0n) is 14.6. The summed E-state index contributed by atoms with van der Waals surface area (Å²) in [4.78, 5) is 0. The first-order valence-corrected chi connectivity index (χ1v) is 8.33. The van der Waals surface area contributed by atoms with Crippen LogP contribution in [0.15, 0.2) is 48.5 Å². The van der Waals surface area contributed by atoms with Gasteiger partial charge in [0, 0.05) is 12.2 Å². The molecule has 0 saturated heterocycles. The van der Waals surface area contributed by atoms with Gasteiger partial charge in [-0.1, -0.05) is 71.0 Å². The maximum absolute atomic E-state index is 3.50. The average molecular weight is 295 g/mol. The smallest absolute Gasteiger partial charge is 0.0400 e. The highest BCUT2D eigenvalue weighted by Crippen LogP contribution is 2.23. The molecule has 0 aliphatic rings. The van der Waals surface area contributed by atoms with E-state index in [-0.39, 0.29) is 5.41 Å². The van der Waals surface area contributed by atoms with Crippen LogP contribution >= 0.6 is 0 Å². The van der Waals surface area contributed by atoms with Crippen LogP contribution in [-0.4, -0.2) is 0 Å². The Hall–Kier alpha value is -1.76. The Bertz CT molecular complexity index is 573. The van der Waals surface area contributed by atoms with E-state index in [1.165, 1.54) is 28.8 Å². The van der Waals surface area contributed by atoms with Gasteiger partial charge in [0.2, 0.25) is 0 Å². The van der Waals surface area contributed by atoms with E-state index in [2.05, 4.69) is 88.5 Å². The normalized spacial score (nSPS) is 13.0. The summed E-state index contributed by atoms with van der Waals surface area (Å²) < 4.78 is 0. The second-order valence-corrected chi connectivity index (χ2v) is 7.23. The molecular formula is C21H29N. The van der Waals surface area contributed by atoms with Crippen molar-refractivity contribution in [2.75, 3.05) is 5.32 Å². The third-order valence-corrected chi connectivity index (χ3v) is 4.41. The zero-order valence-corrected chi connectivity index (χ0v) is 14.6. The van der Waals surface area contributed by atoms with Crippen LogP contribution in [0.4, 0.5) is 5.69 Å². The van der Waals surface area contributed by atoms with Crippen LogP contribution in [0.25, 0.3) is 0 Å². The zero-order chi connectivity index (χ0) is 16.2. The fourth-order valence-electron chi connectivity index (χ4n) is 2.49. The summed E-state index contributed by atoms with van der Waals surface area (Å²) in [6, 6.07) is 17.8. The number of hydrogen-bond donors (Lipinski definition) is 1. The molecule has 0 amide bonds. The van der Waals surface area contributed by atoms with Gasteiger partial charge in [0.25, 0.3) is 0 Å². The SMILES string of the molecule is CCC(C)c1ccc(NCc2ccc(C(C)(C)C)cc2)cc1. The van der Waals surface area contributed by atoms with E-state index in [1.807, 2.05) is 0 Å². The molecule has 2 rings (SSSR count). The highest BCUT2D eigenvalue weighted by Gasteiger charge is 2.12. The van der Waals surface area contributed by atoms with Crippen molar-refractivity contribution < 1.29 is 0 Å². The van der Waals surface area contributed by atoms with Crippen LogP contribution in [0, 0.1) is 0 Å². The Morgan fingerprint density at radius 2 is 1.50 bits per heavy atom. The van der Waals surface area contributed by atoms with Crippen LogP contribution in [0.5, 0.6) is 0 Å². The van der Waals surface area contributed by atoms with E-state index in [4.69, 9.17) is 0 Å². The Kier molecular flexibility index (Phi) is 5.28. The van der Waals surface area contributed by atoms with Crippen LogP contribution in [0.1, 0.15) is 63.6 Å². The Balaban J connectivity index is 1.95. The van der Waals surface area contributed by atoms with Gasteiger partial charge < -0.3 is 5.32 Å². The van der Waals surface area contributed by atoms with Gasteiger partial charge in [-0.3, -0.25) is 0 Å². The van der Waals surface area contributed by atoms with E-state index in [9.17, 15) is 0 Å². The highest BCUT2D eigenvalue weighted by atomic mass is 14.9. The van der Waals surface area contributed by atoms with Gasteiger partial charge in [0.05, 0.1) is 0 Å². The van der Waals surface area contributed by atoms with Gasteiger partial charge in [0.15, 0.2) is 0 Å². The average Bonchev–Trinajstić information content (AvgIpc) is 2.52. The Labute approximate surface area is 135 Å². The van der Waals surface area contributed by atoms with Gasteiger partial charge in [0.1, 0.15) is 0 Å². The quantitative estimate of drug-likeness (QED) is 0.701. The molecular weight excluding hydrogens is 266 g/mol. The molecule has 2 aromatic rings. The number of nitrogens with one attached hydrogen (secondary N) is 1. The van der Waals surface area contributed by atoms with Crippen LogP contribution in [0.2, 0.25) is 0 Å². The summed E-state index contributed by atoms with van der Waals surface area (Å²) in [5, 5.41) is 3.50. The summed E-state index contributed by atoms with van der Waals surface area (Å²) >= 11 is 0. The van der Waals surface area contributed by atoms with Gasteiger partial charge in [-0.15, -0.1) is 0 Å². The van der Waals surface area contributed by atoms with Crippen molar-refractivity contribution in [1.29, 1.82) is 0 Å². The summed E-state index contributed by atoms with van der Waals surface area (Å²) in [6.07, 6.45) is 1.19. The lowest BCUT2D eigenvalue weighted by atomic mass is 9.87. The predicted octanol–water partition coefficient (Wildman–Crippen LogP) is 6.11. The second-order valence-electron chi connectivity index (χ2n) is 7.23. The molecule has 0 fully saturated rings. The largest absolute Gasteiger partial charge is 0.381 e. The van der Waals surface area contributed by atoms with Crippen LogP contribution < -0.4 is 5.32 Å². The van der Waals surface area contributed by atoms with E-state index < -0.39 is 0 Å². The lowest BCUT2D eigenvalue weighted by molar-refractivity contribution is 0.590. The molecule has 0 heterocycles. The van der Waals surface area contributed by atoms with Gasteiger partial charge in [-0.05, 0) is 46.6 Å². The number of anilines is 1. The second kappa shape index (κ2) is 7.00. The van der Waals surface area contributed by atoms with E-state index in [0.29, 0.717) is 5.92 Å². The standard InChI is InChI=1S/C21H29N/c1-6-16(2)18-9-13-20(14-10-18)22-15-17-7-11-19(12-8-17)21(3,4)5/h7-14,16,22H,6,15H2,1-5H3. The molecule has 1 atom stereocenters. The molecule has 0 bridgehead atoms. The fraction of sp³-hybridized carbons (Fsp3) is 0.429. The molecule has 1 nitrogen and oxygen atoms in total. The lowest BCUT2D eigenvalue weighted by Gasteiger charge is -2.19. The van der Waals surface area contributed by atoms with Crippen molar-refractivity contribution in [2.45, 2.75) is 58.9 Å². The molecule has 0 radical (unpaired) electrons. The van der Waals surface area contributed by atoms with Crippen molar-refractivity contribution in [1.82, 2.24) is 0 Å². The molecule has 118 valence electrons. The topological polar surface area (TPSA) is 12.0 Å². The van der Waals surface area contributed by atoms with Gasteiger partial charge in [-0.25, -0.2) is 0 Å². The molecule has 2 aromatic carbocycles. The first-order valence-electron chi connectivity index (χ1n) is 8.33. The minimum atomic E-state index is 0.220. The maximum atomic E-state index is 3.50.